The number of carboxylic acids is 1. The highest BCUT2D eigenvalue weighted by Gasteiger charge is 2.20. The summed E-state index contributed by atoms with van der Waals surface area (Å²) in [5, 5.41) is 22.4. The first kappa shape index (κ1) is 27.3. The number of hydrogen-bond acceptors (Lipinski definition) is 5. The van der Waals surface area contributed by atoms with Crippen molar-refractivity contribution in [1.82, 2.24) is 5.32 Å². The zero-order valence-corrected chi connectivity index (χ0v) is 21.9. The van der Waals surface area contributed by atoms with Gasteiger partial charge in [0.15, 0.2) is 6.10 Å². The van der Waals surface area contributed by atoms with E-state index in [9.17, 15) is 19.8 Å². The van der Waals surface area contributed by atoms with E-state index in [1.54, 1.807) is 60.7 Å². The fourth-order valence-corrected chi connectivity index (χ4v) is 4.15. The van der Waals surface area contributed by atoms with E-state index in [1.165, 1.54) is 0 Å². The van der Waals surface area contributed by atoms with E-state index in [0.717, 1.165) is 27.8 Å². The van der Waals surface area contributed by atoms with Crippen molar-refractivity contribution in [3.05, 3.63) is 113 Å². The van der Waals surface area contributed by atoms with Crippen LogP contribution in [-0.4, -0.2) is 41.3 Å². The van der Waals surface area contributed by atoms with Gasteiger partial charge in [-0.15, -0.1) is 0 Å². The normalized spacial score (nSPS) is 11.4. The largest absolute Gasteiger partial charge is 0.507 e. The van der Waals surface area contributed by atoms with Gasteiger partial charge in [0.1, 0.15) is 23.9 Å². The number of rotatable bonds is 11. The van der Waals surface area contributed by atoms with Crippen LogP contribution >= 0.6 is 0 Å². The molecule has 0 saturated carbocycles. The van der Waals surface area contributed by atoms with Crippen molar-refractivity contribution in [2.24, 2.45) is 0 Å². The number of carboxylic acid groups (broad SMARTS) is 1. The van der Waals surface area contributed by atoms with E-state index >= 15 is 0 Å². The van der Waals surface area contributed by atoms with Gasteiger partial charge in [-0.1, -0.05) is 42.5 Å². The lowest BCUT2D eigenvalue weighted by atomic mass is 9.99. The Morgan fingerprint density at radius 2 is 1.46 bits per heavy atom. The second-order valence-electron chi connectivity index (χ2n) is 9.25. The van der Waals surface area contributed by atoms with Gasteiger partial charge in [0, 0.05) is 12.0 Å². The van der Waals surface area contributed by atoms with Gasteiger partial charge in [-0.2, -0.15) is 0 Å². The van der Waals surface area contributed by atoms with Crippen LogP contribution in [0, 0.1) is 13.8 Å². The smallest absolute Gasteiger partial charge is 0.345 e. The highest BCUT2D eigenvalue weighted by Crippen LogP contribution is 2.29. The molecule has 1 atom stereocenters. The summed E-state index contributed by atoms with van der Waals surface area (Å²) in [4.78, 5) is 24.2. The van der Waals surface area contributed by atoms with Crippen molar-refractivity contribution in [1.29, 1.82) is 0 Å². The SMILES string of the molecule is Cc1cc(-c2ccc(C(=O)NCCOc3ccc(CC(Oc4ccccc4)C(=O)O)cc3)cc2)cc(C)c1O. The molecule has 7 nitrogen and oxygen atoms in total. The molecule has 39 heavy (non-hydrogen) atoms. The molecule has 4 aromatic rings. The van der Waals surface area contributed by atoms with Gasteiger partial charge in [0.05, 0.1) is 6.54 Å². The third kappa shape index (κ3) is 7.38. The first-order valence-electron chi connectivity index (χ1n) is 12.7. The molecule has 0 spiro atoms. The minimum Gasteiger partial charge on any atom is -0.507 e. The maximum Gasteiger partial charge on any atom is 0.345 e. The van der Waals surface area contributed by atoms with Gasteiger partial charge < -0.3 is 25.0 Å². The summed E-state index contributed by atoms with van der Waals surface area (Å²) in [5.74, 6) is 0.193. The van der Waals surface area contributed by atoms with Crippen LogP contribution in [0.2, 0.25) is 0 Å². The lowest BCUT2D eigenvalue weighted by Crippen LogP contribution is -2.29. The van der Waals surface area contributed by atoms with Crippen molar-refractivity contribution >= 4 is 11.9 Å². The number of amides is 1. The Morgan fingerprint density at radius 3 is 2.08 bits per heavy atom. The Hall–Kier alpha value is -4.78. The molecule has 0 fully saturated rings. The van der Waals surface area contributed by atoms with Crippen molar-refractivity contribution < 1.29 is 29.3 Å². The summed E-state index contributed by atoms with van der Waals surface area (Å²) < 4.78 is 11.3. The number of hydrogen-bond donors (Lipinski definition) is 3. The van der Waals surface area contributed by atoms with Crippen molar-refractivity contribution in [2.45, 2.75) is 26.4 Å². The zero-order chi connectivity index (χ0) is 27.8. The van der Waals surface area contributed by atoms with Gasteiger partial charge >= 0.3 is 5.97 Å². The zero-order valence-electron chi connectivity index (χ0n) is 21.9. The standard InChI is InChI=1S/C32H31NO6/c1-21-18-26(19-22(2)30(21)34)24-10-12-25(13-11-24)31(35)33-16-17-38-27-14-8-23(9-15-27)20-29(32(36)37)39-28-6-4-3-5-7-28/h3-15,18-19,29,34H,16-17,20H2,1-2H3,(H,33,35)(H,36,37). The second-order valence-corrected chi connectivity index (χ2v) is 9.25. The number of aryl methyl sites for hydroxylation is 2. The quantitative estimate of drug-likeness (QED) is 0.222. The van der Waals surface area contributed by atoms with Gasteiger partial charge in [-0.25, -0.2) is 4.79 Å². The van der Waals surface area contributed by atoms with E-state index in [-0.39, 0.29) is 18.9 Å². The summed E-state index contributed by atoms with van der Waals surface area (Å²) in [6, 6.07) is 27.2. The Labute approximate surface area is 227 Å². The number of carbonyl (C=O) groups is 2. The number of benzene rings is 4. The molecule has 0 aliphatic rings. The molecule has 0 bridgehead atoms. The summed E-state index contributed by atoms with van der Waals surface area (Å²) in [6.07, 6.45) is -0.788. The van der Waals surface area contributed by atoms with Crippen molar-refractivity contribution in [3.8, 4) is 28.4 Å². The van der Waals surface area contributed by atoms with Crippen molar-refractivity contribution in [2.75, 3.05) is 13.2 Å². The molecule has 200 valence electrons. The first-order valence-corrected chi connectivity index (χ1v) is 12.7. The molecule has 4 aromatic carbocycles. The average molecular weight is 526 g/mol. The first-order chi connectivity index (χ1) is 18.8. The molecule has 0 saturated heterocycles. The third-order valence-electron chi connectivity index (χ3n) is 6.27. The van der Waals surface area contributed by atoms with E-state index in [1.807, 2.05) is 44.2 Å². The van der Waals surface area contributed by atoms with E-state index in [4.69, 9.17) is 9.47 Å². The molecule has 0 aliphatic heterocycles. The van der Waals surface area contributed by atoms with Crippen LogP contribution in [0.5, 0.6) is 17.2 Å². The summed E-state index contributed by atoms with van der Waals surface area (Å²) in [7, 11) is 0. The van der Waals surface area contributed by atoms with Crippen LogP contribution < -0.4 is 14.8 Å². The number of para-hydroxylation sites is 1. The van der Waals surface area contributed by atoms with Crippen LogP contribution in [0.25, 0.3) is 11.1 Å². The van der Waals surface area contributed by atoms with Crippen LogP contribution in [-0.2, 0) is 11.2 Å². The van der Waals surface area contributed by atoms with E-state index in [2.05, 4.69) is 5.32 Å². The number of phenolic OH excluding ortho intramolecular Hbond substituents is 1. The minimum absolute atomic E-state index is 0.198. The fourth-order valence-electron chi connectivity index (χ4n) is 4.15. The number of ether oxygens (including phenoxy) is 2. The number of nitrogens with one attached hydrogen (secondary N) is 1. The molecule has 0 aromatic heterocycles. The summed E-state index contributed by atoms with van der Waals surface area (Å²) in [6.45, 7) is 4.33. The van der Waals surface area contributed by atoms with Gasteiger partial charge in [0.2, 0.25) is 0 Å². The highest BCUT2D eigenvalue weighted by molar-refractivity contribution is 5.94. The molecule has 7 heteroatoms. The van der Waals surface area contributed by atoms with E-state index in [0.29, 0.717) is 29.4 Å². The Kier molecular flexibility index (Phi) is 8.84. The minimum atomic E-state index is -1.03. The molecular formula is C32H31NO6. The molecule has 3 N–H and O–H groups in total. The fraction of sp³-hybridized carbons (Fsp3) is 0.188. The maximum absolute atomic E-state index is 12.5. The van der Waals surface area contributed by atoms with Crippen LogP contribution in [0.15, 0.2) is 91.0 Å². The van der Waals surface area contributed by atoms with Crippen LogP contribution in [0.1, 0.15) is 27.0 Å². The van der Waals surface area contributed by atoms with Crippen molar-refractivity contribution in [3.63, 3.8) is 0 Å². The molecule has 4 rings (SSSR count). The monoisotopic (exact) mass is 525 g/mol. The lowest BCUT2D eigenvalue weighted by Gasteiger charge is -2.15. The molecular weight excluding hydrogens is 494 g/mol. The summed E-state index contributed by atoms with van der Waals surface area (Å²) in [5.41, 5.74) is 4.91. The Balaban J connectivity index is 1.24. The average Bonchev–Trinajstić information content (AvgIpc) is 2.94. The Morgan fingerprint density at radius 1 is 0.821 bits per heavy atom. The number of aliphatic carboxylic acids is 1. The lowest BCUT2D eigenvalue weighted by molar-refractivity contribution is -0.145. The predicted molar refractivity (Wildman–Crippen MR) is 149 cm³/mol. The number of carbonyl (C=O) groups excluding carboxylic acids is 1. The van der Waals surface area contributed by atoms with Crippen LogP contribution in [0.3, 0.4) is 0 Å². The molecule has 0 radical (unpaired) electrons. The molecule has 1 unspecified atom stereocenters. The van der Waals surface area contributed by atoms with Gasteiger partial charge in [-0.3, -0.25) is 4.79 Å². The Bertz CT molecular complexity index is 1390. The van der Waals surface area contributed by atoms with E-state index < -0.39 is 12.1 Å². The maximum atomic E-state index is 12.5. The summed E-state index contributed by atoms with van der Waals surface area (Å²) >= 11 is 0. The van der Waals surface area contributed by atoms with Gasteiger partial charge in [-0.05, 0) is 90.2 Å². The van der Waals surface area contributed by atoms with Gasteiger partial charge in [0.25, 0.3) is 5.91 Å². The van der Waals surface area contributed by atoms with Crippen LogP contribution in [0.4, 0.5) is 0 Å². The molecule has 0 aliphatic carbocycles. The molecule has 1 amide bonds. The highest BCUT2D eigenvalue weighted by atomic mass is 16.5. The topological polar surface area (TPSA) is 105 Å². The third-order valence-corrected chi connectivity index (χ3v) is 6.27. The molecule has 0 heterocycles. The second kappa shape index (κ2) is 12.6. The predicted octanol–water partition coefficient (Wildman–Crippen LogP) is 5.56. The number of phenols is 1. The number of aromatic hydroxyl groups is 1.